The molecule has 0 radical (unpaired) electrons. The van der Waals surface area contributed by atoms with Gasteiger partial charge in [0.1, 0.15) is 5.75 Å². The molecule has 0 saturated heterocycles. The Morgan fingerprint density at radius 2 is 2.22 bits per heavy atom. The largest absolute Gasteiger partial charge is 0.506 e. The second-order valence-electron chi connectivity index (χ2n) is 5.00. The van der Waals surface area contributed by atoms with Crippen molar-refractivity contribution in [1.29, 1.82) is 0 Å². The summed E-state index contributed by atoms with van der Waals surface area (Å²) in [6, 6.07) is 5.29. The number of carbonyl (C=O) groups excluding carboxylic acids is 1. The number of anilines is 1. The van der Waals surface area contributed by atoms with Crippen molar-refractivity contribution in [3.8, 4) is 5.75 Å². The molecule has 0 spiro atoms. The Bertz CT molecular complexity index is 448. The molecular formula is C14H20N2O2. The topological polar surface area (TPSA) is 75.3 Å². The summed E-state index contributed by atoms with van der Waals surface area (Å²) in [5, 5.41) is 12.6. The highest BCUT2D eigenvalue weighted by molar-refractivity contribution is 5.97. The summed E-state index contributed by atoms with van der Waals surface area (Å²) in [6.45, 7) is 2.40. The minimum Gasteiger partial charge on any atom is -0.506 e. The van der Waals surface area contributed by atoms with Crippen molar-refractivity contribution < 1.29 is 9.90 Å². The Balaban J connectivity index is 2.16. The van der Waals surface area contributed by atoms with Gasteiger partial charge in [-0.05, 0) is 37.0 Å². The van der Waals surface area contributed by atoms with Gasteiger partial charge in [-0.1, -0.05) is 19.4 Å². The third-order valence-corrected chi connectivity index (χ3v) is 3.90. The minimum atomic E-state index is -0.422. The van der Waals surface area contributed by atoms with Crippen LogP contribution in [0, 0.1) is 5.41 Å². The SMILES string of the molecule is CCc1ccc(O)c(NC(=O)C2(CN)CCC2)c1. The highest BCUT2D eigenvalue weighted by atomic mass is 16.3. The molecule has 1 fully saturated rings. The van der Waals surface area contributed by atoms with Gasteiger partial charge in [0.2, 0.25) is 5.91 Å². The maximum atomic E-state index is 12.2. The van der Waals surface area contributed by atoms with Crippen LogP contribution in [-0.2, 0) is 11.2 Å². The van der Waals surface area contributed by atoms with E-state index in [0.717, 1.165) is 31.2 Å². The zero-order chi connectivity index (χ0) is 13.2. The van der Waals surface area contributed by atoms with Crippen LogP contribution >= 0.6 is 0 Å². The Kier molecular flexibility index (Phi) is 3.57. The Hall–Kier alpha value is -1.55. The number of hydrogen-bond donors (Lipinski definition) is 3. The highest BCUT2D eigenvalue weighted by Gasteiger charge is 2.42. The molecule has 98 valence electrons. The standard InChI is InChI=1S/C14H20N2O2/c1-2-10-4-5-12(17)11(8-10)16-13(18)14(9-15)6-3-7-14/h4-5,8,17H,2-3,6-7,9,15H2,1H3,(H,16,18). The van der Waals surface area contributed by atoms with Crippen LogP contribution < -0.4 is 11.1 Å². The van der Waals surface area contributed by atoms with Crippen LogP contribution in [-0.4, -0.2) is 17.6 Å². The third-order valence-electron chi connectivity index (χ3n) is 3.90. The lowest BCUT2D eigenvalue weighted by atomic mass is 9.68. The fraction of sp³-hybridized carbons (Fsp3) is 0.500. The number of rotatable bonds is 4. The van der Waals surface area contributed by atoms with Crippen LogP contribution in [0.2, 0.25) is 0 Å². The van der Waals surface area contributed by atoms with Crippen molar-refractivity contribution in [3.05, 3.63) is 23.8 Å². The van der Waals surface area contributed by atoms with E-state index < -0.39 is 5.41 Å². The quantitative estimate of drug-likeness (QED) is 0.714. The molecule has 1 aliphatic carbocycles. The van der Waals surface area contributed by atoms with E-state index in [-0.39, 0.29) is 11.7 Å². The molecule has 0 unspecified atom stereocenters. The first-order valence-corrected chi connectivity index (χ1v) is 6.45. The number of amides is 1. The molecule has 1 amide bonds. The van der Waals surface area contributed by atoms with Crippen molar-refractivity contribution in [2.75, 3.05) is 11.9 Å². The van der Waals surface area contributed by atoms with Gasteiger partial charge in [0.25, 0.3) is 0 Å². The third kappa shape index (κ3) is 2.20. The van der Waals surface area contributed by atoms with Gasteiger partial charge in [-0.25, -0.2) is 0 Å². The summed E-state index contributed by atoms with van der Waals surface area (Å²) in [6.07, 6.45) is 3.59. The second kappa shape index (κ2) is 4.98. The van der Waals surface area contributed by atoms with Crippen LogP contribution in [0.15, 0.2) is 18.2 Å². The zero-order valence-corrected chi connectivity index (χ0v) is 10.7. The van der Waals surface area contributed by atoms with E-state index >= 15 is 0 Å². The maximum absolute atomic E-state index is 12.2. The summed E-state index contributed by atoms with van der Waals surface area (Å²) >= 11 is 0. The fourth-order valence-electron chi connectivity index (χ4n) is 2.29. The molecule has 18 heavy (non-hydrogen) atoms. The maximum Gasteiger partial charge on any atom is 0.231 e. The van der Waals surface area contributed by atoms with E-state index in [1.54, 1.807) is 6.07 Å². The minimum absolute atomic E-state index is 0.0696. The zero-order valence-electron chi connectivity index (χ0n) is 10.7. The lowest BCUT2D eigenvalue weighted by Crippen LogP contribution is -2.47. The Morgan fingerprint density at radius 3 is 2.72 bits per heavy atom. The lowest BCUT2D eigenvalue weighted by Gasteiger charge is -2.39. The number of phenolic OH excluding ortho intramolecular Hbond substituents is 1. The number of nitrogens with two attached hydrogens (primary N) is 1. The van der Waals surface area contributed by atoms with Gasteiger partial charge in [-0.15, -0.1) is 0 Å². The molecule has 0 atom stereocenters. The number of hydrogen-bond acceptors (Lipinski definition) is 3. The van der Waals surface area contributed by atoms with Gasteiger partial charge in [0.05, 0.1) is 11.1 Å². The van der Waals surface area contributed by atoms with Crippen LogP contribution in [0.3, 0.4) is 0 Å². The van der Waals surface area contributed by atoms with E-state index in [1.807, 2.05) is 19.1 Å². The lowest BCUT2D eigenvalue weighted by molar-refractivity contribution is -0.129. The van der Waals surface area contributed by atoms with Crippen LogP contribution in [0.4, 0.5) is 5.69 Å². The van der Waals surface area contributed by atoms with Crippen molar-refractivity contribution in [2.24, 2.45) is 11.1 Å². The molecule has 1 aromatic carbocycles. The fourth-order valence-corrected chi connectivity index (χ4v) is 2.29. The van der Waals surface area contributed by atoms with Gasteiger partial charge >= 0.3 is 0 Å². The normalized spacial score (nSPS) is 17.0. The van der Waals surface area contributed by atoms with E-state index in [9.17, 15) is 9.90 Å². The number of phenols is 1. The summed E-state index contributed by atoms with van der Waals surface area (Å²) in [5.74, 6) is 0.0341. The van der Waals surface area contributed by atoms with Gasteiger partial charge in [0, 0.05) is 6.54 Å². The molecule has 2 rings (SSSR count). The number of benzene rings is 1. The first-order chi connectivity index (χ1) is 8.61. The number of nitrogens with one attached hydrogen (secondary N) is 1. The predicted molar refractivity (Wildman–Crippen MR) is 71.5 cm³/mol. The van der Waals surface area contributed by atoms with Gasteiger partial charge in [-0.3, -0.25) is 4.79 Å². The summed E-state index contributed by atoms with van der Waals surface area (Å²) in [5.41, 5.74) is 6.84. The predicted octanol–water partition coefficient (Wildman–Crippen LogP) is 2.02. The molecule has 0 aromatic heterocycles. The molecule has 0 aliphatic heterocycles. The number of carbonyl (C=O) groups is 1. The summed E-state index contributed by atoms with van der Waals surface area (Å²) in [7, 11) is 0. The monoisotopic (exact) mass is 248 g/mol. The smallest absolute Gasteiger partial charge is 0.231 e. The molecule has 4 nitrogen and oxygen atoms in total. The van der Waals surface area contributed by atoms with Crippen LogP contribution in [0.5, 0.6) is 5.75 Å². The molecule has 1 aromatic rings. The molecular weight excluding hydrogens is 228 g/mol. The highest BCUT2D eigenvalue weighted by Crippen LogP contribution is 2.41. The average Bonchev–Trinajstić information content (AvgIpc) is 2.31. The number of aryl methyl sites for hydroxylation is 1. The second-order valence-corrected chi connectivity index (χ2v) is 5.00. The Labute approximate surface area is 107 Å². The summed E-state index contributed by atoms with van der Waals surface area (Å²) < 4.78 is 0. The van der Waals surface area contributed by atoms with E-state index in [4.69, 9.17) is 5.73 Å². The van der Waals surface area contributed by atoms with Crippen LogP contribution in [0.1, 0.15) is 31.7 Å². The molecule has 4 N–H and O–H groups in total. The Morgan fingerprint density at radius 1 is 1.50 bits per heavy atom. The van der Waals surface area contributed by atoms with Gasteiger partial charge in [0.15, 0.2) is 0 Å². The van der Waals surface area contributed by atoms with Crippen molar-refractivity contribution >= 4 is 11.6 Å². The van der Waals surface area contributed by atoms with E-state index in [1.165, 1.54) is 0 Å². The average molecular weight is 248 g/mol. The van der Waals surface area contributed by atoms with Crippen molar-refractivity contribution in [3.63, 3.8) is 0 Å². The van der Waals surface area contributed by atoms with Gasteiger partial charge < -0.3 is 16.2 Å². The van der Waals surface area contributed by atoms with E-state index in [0.29, 0.717) is 12.2 Å². The molecule has 1 saturated carbocycles. The molecule has 1 aliphatic rings. The van der Waals surface area contributed by atoms with E-state index in [2.05, 4.69) is 5.32 Å². The van der Waals surface area contributed by atoms with Crippen molar-refractivity contribution in [2.45, 2.75) is 32.6 Å². The number of aromatic hydroxyl groups is 1. The first-order valence-electron chi connectivity index (χ1n) is 6.45. The molecule has 0 heterocycles. The van der Waals surface area contributed by atoms with Crippen LogP contribution in [0.25, 0.3) is 0 Å². The first kappa shape index (κ1) is 12.9. The molecule has 4 heteroatoms. The van der Waals surface area contributed by atoms with Gasteiger partial charge in [-0.2, -0.15) is 0 Å². The van der Waals surface area contributed by atoms with Crippen molar-refractivity contribution in [1.82, 2.24) is 0 Å². The molecule has 0 bridgehead atoms. The summed E-state index contributed by atoms with van der Waals surface area (Å²) in [4.78, 5) is 12.2.